The van der Waals surface area contributed by atoms with E-state index in [2.05, 4.69) is 10.1 Å². The van der Waals surface area contributed by atoms with Gasteiger partial charge in [-0.3, -0.25) is 24.4 Å². The Kier molecular flexibility index (Phi) is 3.73. The summed E-state index contributed by atoms with van der Waals surface area (Å²) in [6.45, 7) is 2.44. The predicted octanol–water partition coefficient (Wildman–Crippen LogP) is 2.48. The summed E-state index contributed by atoms with van der Waals surface area (Å²) in [5, 5.41) is 3.16. The first-order valence-electron chi connectivity index (χ1n) is 7.49. The minimum atomic E-state index is -0.224. The van der Waals surface area contributed by atoms with E-state index in [0.717, 1.165) is 31.4 Å². The van der Waals surface area contributed by atoms with Crippen molar-refractivity contribution in [2.45, 2.75) is 45.1 Å². The number of hydrogen-bond acceptors (Lipinski definition) is 3. The highest BCUT2D eigenvalue weighted by Gasteiger charge is 2.28. The van der Waals surface area contributed by atoms with Crippen molar-refractivity contribution in [2.75, 3.05) is 0 Å². The van der Waals surface area contributed by atoms with Crippen molar-refractivity contribution in [1.29, 1.82) is 0 Å². The van der Waals surface area contributed by atoms with Crippen molar-refractivity contribution >= 4 is 5.78 Å². The molecule has 1 N–H and O–H groups in total. The Morgan fingerprint density at radius 1 is 1.43 bits per heavy atom. The second kappa shape index (κ2) is 5.68. The maximum atomic E-state index is 12.7. The highest BCUT2D eigenvalue weighted by atomic mass is 16.2. The minimum Gasteiger partial charge on any atom is -0.299 e. The number of nitrogens with zero attached hydrogens (tertiary/aromatic N) is 2. The average Bonchev–Trinajstić information content (AvgIpc) is 3.15. The van der Waals surface area contributed by atoms with Gasteiger partial charge in [0.2, 0.25) is 5.78 Å². The third-order valence-corrected chi connectivity index (χ3v) is 4.21. The Morgan fingerprint density at radius 2 is 2.19 bits per heavy atom. The Bertz CT molecular complexity index is 694. The summed E-state index contributed by atoms with van der Waals surface area (Å²) in [5.74, 6) is 0.0690. The van der Waals surface area contributed by atoms with Gasteiger partial charge >= 0.3 is 0 Å². The van der Waals surface area contributed by atoms with Gasteiger partial charge in [0.15, 0.2) is 0 Å². The molecule has 0 unspecified atom stereocenters. The lowest BCUT2D eigenvalue weighted by atomic mass is 9.96. The van der Waals surface area contributed by atoms with E-state index in [4.69, 9.17) is 0 Å². The molecule has 5 nitrogen and oxygen atoms in total. The molecule has 2 heterocycles. The molecule has 0 atom stereocenters. The van der Waals surface area contributed by atoms with Gasteiger partial charge in [0, 0.05) is 30.4 Å². The molecule has 0 aliphatic heterocycles. The Morgan fingerprint density at radius 3 is 2.81 bits per heavy atom. The zero-order valence-corrected chi connectivity index (χ0v) is 12.1. The third-order valence-electron chi connectivity index (χ3n) is 4.21. The van der Waals surface area contributed by atoms with Crippen molar-refractivity contribution in [3.63, 3.8) is 0 Å². The van der Waals surface area contributed by atoms with E-state index in [-0.39, 0.29) is 11.3 Å². The van der Waals surface area contributed by atoms with Crippen LogP contribution in [-0.2, 0) is 6.54 Å². The Balaban J connectivity index is 2.10. The molecular weight excluding hydrogens is 266 g/mol. The predicted molar refractivity (Wildman–Crippen MR) is 79.6 cm³/mol. The van der Waals surface area contributed by atoms with E-state index in [1.807, 2.05) is 6.92 Å². The summed E-state index contributed by atoms with van der Waals surface area (Å²) in [6, 6.07) is 3.42. The third kappa shape index (κ3) is 2.44. The molecular formula is C16H19N3O2. The lowest BCUT2D eigenvalue weighted by molar-refractivity contribution is 0.103. The van der Waals surface area contributed by atoms with Crippen LogP contribution in [0, 0.1) is 0 Å². The highest BCUT2D eigenvalue weighted by molar-refractivity contribution is 6.09. The van der Waals surface area contributed by atoms with Crippen LogP contribution in [0.4, 0.5) is 0 Å². The van der Waals surface area contributed by atoms with Crippen molar-refractivity contribution < 1.29 is 4.79 Å². The summed E-state index contributed by atoms with van der Waals surface area (Å²) >= 11 is 0. The molecule has 3 rings (SSSR count). The van der Waals surface area contributed by atoms with Crippen LogP contribution in [0.1, 0.15) is 60.1 Å². The van der Waals surface area contributed by atoms with E-state index < -0.39 is 0 Å². The van der Waals surface area contributed by atoms with Gasteiger partial charge in [-0.15, -0.1) is 0 Å². The molecule has 21 heavy (non-hydrogen) atoms. The number of carbonyl (C=O) groups excluding carboxylic acids is 1. The largest absolute Gasteiger partial charge is 0.299 e. The topological polar surface area (TPSA) is 67.8 Å². The number of aromatic nitrogens is 3. The lowest BCUT2D eigenvalue weighted by Crippen LogP contribution is -2.21. The summed E-state index contributed by atoms with van der Waals surface area (Å²) < 4.78 is 1.53. The molecule has 2 aromatic rings. The maximum absolute atomic E-state index is 12.7. The zero-order valence-electron chi connectivity index (χ0n) is 12.1. The average molecular weight is 285 g/mol. The quantitative estimate of drug-likeness (QED) is 0.877. The monoisotopic (exact) mass is 285 g/mol. The molecule has 0 aromatic carbocycles. The molecule has 0 amide bonds. The van der Waals surface area contributed by atoms with Gasteiger partial charge in [-0.05, 0) is 31.9 Å². The van der Waals surface area contributed by atoms with E-state index in [0.29, 0.717) is 23.6 Å². The van der Waals surface area contributed by atoms with Gasteiger partial charge in [-0.1, -0.05) is 12.8 Å². The molecule has 0 saturated heterocycles. The van der Waals surface area contributed by atoms with E-state index in [1.54, 1.807) is 18.3 Å². The number of aromatic amines is 1. The number of aryl methyl sites for hydroxylation is 1. The van der Waals surface area contributed by atoms with Gasteiger partial charge in [0.1, 0.15) is 5.56 Å². The van der Waals surface area contributed by atoms with E-state index in [1.165, 1.54) is 10.9 Å². The van der Waals surface area contributed by atoms with Gasteiger partial charge in [-0.25, -0.2) is 0 Å². The van der Waals surface area contributed by atoms with Gasteiger partial charge in [-0.2, -0.15) is 0 Å². The Hall–Kier alpha value is -2.17. The second-order valence-electron chi connectivity index (χ2n) is 5.50. The number of carbonyl (C=O) groups is 1. The van der Waals surface area contributed by atoms with Crippen LogP contribution in [0.3, 0.4) is 0 Å². The number of rotatable bonds is 4. The summed E-state index contributed by atoms with van der Waals surface area (Å²) in [6.07, 6.45) is 7.53. The van der Waals surface area contributed by atoms with Crippen LogP contribution in [0.5, 0.6) is 0 Å². The van der Waals surface area contributed by atoms with Crippen LogP contribution in [0.2, 0.25) is 0 Å². The van der Waals surface area contributed by atoms with E-state index >= 15 is 0 Å². The van der Waals surface area contributed by atoms with Crippen molar-refractivity contribution in [1.82, 2.24) is 14.8 Å². The molecule has 1 aliphatic rings. The number of pyridine rings is 1. The SMILES string of the molecule is CCn1[nH]c(C2CCCC2)c(C(=O)c2cccnc2)c1=O. The van der Waals surface area contributed by atoms with Crippen molar-refractivity contribution in [3.05, 3.63) is 51.7 Å². The number of H-pyrrole nitrogens is 1. The van der Waals surface area contributed by atoms with Crippen molar-refractivity contribution in [2.24, 2.45) is 0 Å². The van der Waals surface area contributed by atoms with Gasteiger partial charge in [0.05, 0.1) is 5.69 Å². The number of ketones is 1. The molecule has 110 valence electrons. The first kappa shape index (κ1) is 13.8. The number of nitrogens with one attached hydrogen (secondary N) is 1. The summed E-state index contributed by atoms with van der Waals surface area (Å²) in [5.41, 5.74) is 1.37. The molecule has 5 heteroatoms. The second-order valence-corrected chi connectivity index (χ2v) is 5.50. The fourth-order valence-corrected chi connectivity index (χ4v) is 3.10. The Labute approximate surface area is 123 Å². The molecule has 2 aromatic heterocycles. The summed E-state index contributed by atoms with van der Waals surface area (Å²) in [7, 11) is 0. The molecule has 1 fully saturated rings. The van der Waals surface area contributed by atoms with Crippen LogP contribution in [0.25, 0.3) is 0 Å². The molecule has 1 saturated carbocycles. The molecule has 0 bridgehead atoms. The van der Waals surface area contributed by atoms with Gasteiger partial charge in [0.25, 0.3) is 5.56 Å². The molecule has 0 radical (unpaired) electrons. The molecule has 0 spiro atoms. The molecule has 1 aliphatic carbocycles. The number of hydrogen-bond donors (Lipinski definition) is 1. The smallest absolute Gasteiger partial charge is 0.278 e. The van der Waals surface area contributed by atoms with Gasteiger partial charge < -0.3 is 0 Å². The fraction of sp³-hybridized carbons (Fsp3) is 0.438. The lowest BCUT2D eigenvalue weighted by Gasteiger charge is -2.08. The van der Waals surface area contributed by atoms with Crippen LogP contribution in [-0.4, -0.2) is 20.5 Å². The fourth-order valence-electron chi connectivity index (χ4n) is 3.10. The zero-order chi connectivity index (χ0) is 14.8. The maximum Gasteiger partial charge on any atom is 0.278 e. The highest BCUT2D eigenvalue weighted by Crippen LogP contribution is 2.34. The van der Waals surface area contributed by atoms with E-state index in [9.17, 15) is 9.59 Å². The normalized spacial score (nSPS) is 15.5. The first-order chi connectivity index (χ1) is 10.2. The first-order valence-corrected chi connectivity index (χ1v) is 7.49. The van der Waals surface area contributed by atoms with Crippen LogP contribution >= 0.6 is 0 Å². The van der Waals surface area contributed by atoms with Crippen molar-refractivity contribution in [3.8, 4) is 0 Å². The van der Waals surface area contributed by atoms with Crippen LogP contribution in [0.15, 0.2) is 29.3 Å². The summed E-state index contributed by atoms with van der Waals surface area (Å²) in [4.78, 5) is 29.2. The standard InChI is InChI=1S/C16H19N3O2/c1-2-19-16(21)13(14(18-19)11-6-3-4-7-11)15(20)12-8-5-9-17-10-12/h5,8-11,18H,2-4,6-7H2,1H3. The minimum absolute atomic E-state index is 0.215. The van der Waals surface area contributed by atoms with Crippen LogP contribution < -0.4 is 5.56 Å².